The van der Waals surface area contributed by atoms with Gasteiger partial charge >= 0.3 is 0 Å². The maximum absolute atomic E-state index is 6.22. The highest BCUT2D eigenvalue weighted by Gasteiger charge is 2.22. The molecule has 0 amide bonds. The molecule has 4 nitrogen and oxygen atoms in total. The van der Waals surface area contributed by atoms with Crippen molar-refractivity contribution >= 4 is 5.69 Å². The van der Waals surface area contributed by atoms with Crippen LogP contribution in [0.2, 0.25) is 0 Å². The lowest BCUT2D eigenvalue weighted by atomic mass is 9.97. The first-order chi connectivity index (χ1) is 10.2. The van der Waals surface area contributed by atoms with Crippen LogP contribution in [0.5, 0.6) is 0 Å². The number of para-hydroxylation sites is 1. The van der Waals surface area contributed by atoms with Crippen LogP contribution in [0.15, 0.2) is 36.5 Å². The Morgan fingerprint density at radius 3 is 2.95 bits per heavy atom. The molecule has 1 aliphatic heterocycles. The normalized spacial score (nSPS) is 19.4. The highest BCUT2D eigenvalue weighted by Crippen LogP contribution is 2.32. The minimum Gasteiger partial charge on any atom is -0.365 e. The summed E-state index contributed by atoms with van der Waals surface area (Å²) in [5, 5.41) is 4.71. The van der Waals surface area contributed by atoms with Gasteiger partial charge < -0.3 is 10.6 Å². The first-order valence-corrected chi connectivity index (χ1v) is 7.82. The van der Waals surface area contributed by atoms with E-state index in [1.54, 1.807) is 0 Å². The topological polar surface area (TPSA) is 47.1 Å². The quantitative estimate of drug-likeness (QED) is 0.937. The van der Waals surface area contributed by atoms with Crippen LogP contribution in [0.4, 0.5) is 5.69 Å². The van der Waals surface area contributed by atoms with Gasteiger partial charge in [-0.3, -0.25) is 4.68 Å². The lowest BCUT2D eigenvalue weighted by Gasteiger charge is -2.33. The van der Waals surface area contributed by atoms with E-state index in [1.165, 1.54) is 11.3 Å². The molecule has 0 spiro atoms. The predicted molar refractivity (Wildman–Crippen MR) is 86.3 cm³/mol. The molecule has 0 radical (unpaired) electrons. The molecule has 2 aromatic rings. The standard InChI is InChI=1S/C17H24N4/c1-3-13(2)21-11-8-14(19-21)12-20-10-9-16(18)15-6-4-5-7-17(15)20/h4-8,11,13,16H,3,9-10,12,18H2,1-2H3. The minimum absolute atomic E-state index is 0.162. The average Bonchev–Trinajstić information content (AvgIpc) is 2.98. The summed E-state index contributed by atoms with van der Waals surface area (Å²) in [5.41, 5.74) is 9.86. The Balaban J connectivity index is 1.80. The first kappa shape index (κ1) is 14.1. The van der Waals surface area contributed by atoms with Crippen molar-refractivity contribution in [3.63, 3.8) is 0 Å². The van der Waals surface area contributed by atoms with E-state index >= 15 is 0 Å². The van der Waals surface area contributed by atoms with Crippen LogP contribution in [0, 0.1) is 0 Å². The number of benzene rings is 1. The molecule has 0 bridgehead atoms. The van der Waals surface area contributed by atoms with E-state index in [0.29, 0.717) is 6.04 Å². The number of fused-ring (bicyclic) bond motifs is 1. The lowest BCUT2D eigenvalue weighted by Crippen LogP contribution is -2.33. The molecule has 2 atom stereocenters. The van der Waals surface area contributed by atoms with Gasteiger partial charge in [0, 0.05) is 30.5 Å². The largest absolute Gasteiger partial charge is 0.365 e. The third kappa shape index (κ3) is 2.81. The highest BCUT2D eigenvalue weighted by atomic mass is 15.3. The van der Waals surface area contributed by atoms with E-state index in [-0.39, 0.29) is 6.04 Å². The molecule has 2 N–H and O–H groups in total. The van der Waals surface area contributed by atoms with Crippen LogP contribution in [0.25, 0.3) is 0 Å². The second-order valence-corrected chi connectivity index (χ2v) is 5.92. The van der Waals surface area contributed by atoms with Crippen LogP contribution in [0.1, 0.15) is 50.0 Å². The van der Waals surface area contributed by atoms with Crippen LogP contribution in [-0.2, 0) is 6.54 Å². The number of anilines is 1. The van der Waals surface area contributed by atoms with Crippen molar-refractivity contribution in [2.24, 2.45) is 5.73 Å². The number of hydrogen-bond acceptors (Lipinski definition) is 3. The molecule has 0 aliphatic carbocycles. The van der Waals surface area contributed by atoms with Gasteiger partial charge in [-0.1, -0.05) is 25.1 Å². The van der Waals surface area contributed by atoms with Crippen molar-refractivity contribution in [2.45, 2.75) is 45.3 Å². The van der Waals surface area contributed by atoms with Crippen molar-refractivity contribution in [3.05, 3.63) is 47.8 Å². The maximum atomic E-state index is 6.22. The molecule has 2 heterocycles. The Morgan fingerprint density at radius 1 is 1.33 bits per heavy atom. The molecule has 0 fully saturated rings. The Bertz CT molecular complexity index is 604. The highest BCUT2D eigenvalue weighted by molar-refractivity contribution is 5.56. The maximum Gasteiger partial charge on any atom is 0.0817 e. The zero-order valence-corrected chi connectivity index (χ0v) is 12.9. The molecular weight excluding hydrogens is 260 g/mol. The lowest BCUT2D eigenvalue weighted by molar-refractivity contribution is 0.472. The molecule has 1 aliphatic rings. The van der Waals surface area contributed by atoms with E-state index in [9.17, 15) is 0 Å². The molecule has 1 aromatic carbocycles. The molecule has 112 valence electrons. The van der Waals surface area contributed by atoms with E-state index < -0.39 is 0 Å². The van der Waals surface area contributed by atoms with Crippen LogP contribution < -0.4 is 10.6 Å². The Morgan fingerprint density at radius 2 is 2.14 bits per heavy atom. The summed E-state index contributed by atoms with van der Waals surface area (Å²) in [6.07, 6.45) is 4.19. The van der Waals surface area contributed by atoms with E-state index in [0.717, 1.165) is 31.6 Å². The van der Waals surface area contributed by atoms with Crippen molar-refractivity contribution in [1.29, 1.82) is 0 Å². The van der Waals surface area contributed by atoms with Gasteiger partial charge in [-0.05, 0) is 37.5 Å². The fraction of sp³-hybridized carbons (Fsp3) is 0.471. The Labute approximate surface area is 126 Å². The number of rotatable bonds is 4. The predicted octanol–water partition coefficient (Wildman–Crippen LogP) is 3.26. The molecular formula is C17H24N4. The average molecular weight is 284 g/mol. The van der Waals surface area contributed by atoms with Crippen molar-refractivity contribution in [1.82, 2.24) is 9.78 Å². The van der Waals surface area contributed by atoms with Crippen molar-refractivity contribution < 1.29 is 0 Å². The van der Waals surface area contributed by atoms with Gasteiger partial charge in [-0.2, -0.15) is 5.10 Å². The summed E-state index contributed by atoms with van der Waals surface area (Å²) in [4.78, 5) is 2.39. The summed E-state index contributed by atoms with van der Waals surface area (Å²) >= 11 is 0. The Hall–Kier alpha value is -1.81. The molecule has 3 rings (SSSR count). The number of nitrogens with zero attached hydrogens (tertiary/aromatic N) is 3. The molecule has 2 unspecified atom stereocenters. The zero-order valence-electron chi connectivity index (χ0n) is 12.9. The molecule has 0 saturated carbocycles. The molecule has 4 heteroatoms. The summed E-state index contributed by atoms with van der Waals surface area (Å²) in [6, 6.07) is 11.2. The molecule has 21 heavy (non-hydrogen) atoms. The van der Waals surface area contributed by atoms with Crippen molar-refractivity contribution in [3.8, 4) is 0 Å². The summed E-state index contributed by atoms with van der Waals surface area (Å²) in [5.74, 6) is 0. The first-order valence-electron chi connectivity index (χ1n) is 7.82. The number of aromatic nitrogens is 2. The Kier molecular flexibility index (Phi) is 3.97. The third-order valence-corrected chi connectivity index (χ3v) is 4.45. The summed E-state index contributed by atoms with van der Waals surface area (Å²) < 4.78 is 2.07. The van der Waals surface area contributed by atoms with E-state index in [4.69, 9.17) is 10.8 Å². The van der Waals surface area contributed by atoms with Gasteiger partial charge in [0.15, 0.2) is 0 Å². The monoisotopic (exact) mass is 284 g/mol. The fourth-order valence-corrected chi connectivity index (χ4v) is 2.91. The number of nitrogens with two attached hydrogens (primary N) is 1. The van der Waals surface area contributed by atoms with Gasteiger partial charge in [0.25, 0.3) is 0 Å². The van der Waals surface area contributed by atoms with Gasteiger partial charge in [-0.25, -0.2) is 0 Å². The van der Waals surface area contributed by atoms with E-state index in [1.807, 2.05) is 0 Å². The third-order valence-electron chi connectivity index (χ3n) is 4.45. The van der Waals surface area contributed by atoms with Crippen LogP contribution in [-0.4, -0.2) is 16.3 Å². The second kappa shape index (κ2) is 5.90. The molecule has 0 saturated heterocycles. The van der Waals surface area contributed by atoms with Gasteiger partial charge in [0.1, 0.15) is 0 Å². The van der Waals surface area contributed by atoms with Crippen molar-refractivity contribution in [2.75, 3.05) is 11.4 Å². The second-order valence-electron chi connectivity index (χ2n) is 5.92. The van der Waals surface area contributed by atoms with Gasteiger partial charge in [0.05, 0.1) is 12.2 Å². The fourth-order valence-electron chi connectivity index (χ4n) is 2.91. The molecule has 1 aromatic heterocycles. The zero-order chi connectivity index (χ0) is 14.8. The summed E-state index contributed by atoms with van der Waals surface area (Å²) in [6.45, 7) is 6.24. The van der Waals surface area contributed by atoms with Gasteiger partial charge in [-0.15, -0.1) is 0 Å². The van der Waals surface area contributed by atoms with E-state index in [2.05, 4.69) is 60.0 Å². The number of hydrogen-bond donors (Lipinski definition) is 1. The SMILES string of the molecule is CCC(C)n1ccc(CN2CCC(N)c3ccccc32)n1. The smallest absolute Gasteiger partial charge is 0.0817 e. The van der Waals surface area contributed by atoms with Crippen LogP contribution >= 0.6 is 0 Å². The minimum atomic E-state index is 0.162. The summed E-state index contributed by atoms with van der Waals surface area (Å²) in [7, 11) is 0. The van der Waals surface area contributed by atoms with Crippen LogP contribution in [0.3, 0.4) is 0 Å². The van der Waals surface area contributed by atoms with Gasteiger partial charge in [0.2, 0.25) is 0 Å².